The summed E-state index contributed by atoms with van der Waals surface area (Å²) < 4.78 is 132. The molecule has 0 aliphatic heterocycles. The van der Waals surface area contributed by atoms with Crippen molar-refractivity contribution in [2.45, 2.75) is 84.5 Å². The molecule has 3 atom stereocenters. The van der Waals surface area contributed by atoms with Crippen molar-refractivity contribution < 1.29 is 67.3 Å². The second-order valence-corrected chi connectivity index (χ2v) is 15.5. The summed E-state index contributed by atoms with van der Waals surface area (Å²) in [5, 5.41) is 0. The molecule has 18 heteroatoms. The number of hydrogen-bond acceptors (Lipinski definition) is 15. The lowest BCUT2D eigenvalue weighted by atomic mass is 9.94. The maximum atomic E-state index is 10.8. The van der Waals surface area contributed by atoms with Crippen LogP contribution in [0.4, 0.5) is 0 Å². The number of rotatable bonds is 30. The summed E-state index contributed by atoms with van der Waals surface area (Å²) in [7, 11) is -12.9. The molecule has 266 valence electrons. The predicted molar refractivity (Wildman–Crippen MR) is 158 cm³/mol. The van der Waals surface area contributed by atoms with E-state index in [1.807, 2.05) is 27.7 Å². The molecule has 0 radical (unpaired) electrons. The zero-order chi connectivity index (χ0) is 33.7. The standard InChI is InChI=1S/C26H54O15S3/c1-5-23(39-11-8-14-42(27,28)29)17-36-20-26(4,21-37-18-24(6-2)40-12-9-15-43(30,31)32)22-38-19-25(7-3)41-13-10-16-44(33,34)35/h23-25H,5-22H2,1-4H3,(H,27,28,29)(H,30,31,32)(H,33,34,35)/p-3. The first-order valence-electron chi connectivity index (χ1n) is 14.8. The second kappa shape index (κ2) is 22.9. The van der Waals surface area contributed by atoms with Crippen molar-refractivity contribution in [2.75, 3.05) is 76.7 Å². The lowest BCUT2D eigenvalue weighted by Gasteiger charge is -2.31. The van der Waals surface area contributed by atoms with E-state index in [0.717, 1.165) is 0 Å². The highest BCUT2D eigenvalue weighted by Crippen LogP contribution is 2.20. The third kappa shape index (κ3) is 26.7. The Hall–Kier alpha value is -0.510. The van der Waals surface area contributed by atoms with Crippen LogP contribution in [-0.4, -0.2) is 134 Å². The predicted octanol–water partition coefficient (Wildman–Crippen LogP) is 1.23. The van der Waals surface area contributed by atoms with Crippen molar-refractivity contribution in [3.05, 3.63) is 0 Å². The molecule has 0 spiro atoms. The highest BCUT2D eigenvalue weighted by molar-refractivity contribution is 7.86. The van der Waals surface area contributed by atoms with Crippen LogP contribution in [-0.2, 0) is 58.8 Å². The normalized spacial score (nSPS) is 16.4. The van der Waals surface area contributed by atoms with Gasteiger partial charge in [-0.2, -0.15) is 0 Å². The summed E-state index contributed by atoms with van der Waals surface area (Å²) in [4.78, 5) is 0. The molecular formula is C26H51O15S3-3. The molecule has 0 heterocycles. The van der Waals surface area contributed by atoms with Crippen molar-refractivity contribution in [1.29, 1.82) is 0 Å². The zero-order valence-electron chi connectivity index (χ0n) is 26.3. The molecule has 0 fully saturated rings. The molecule has 3 unspecified atom stereocenters. The van der Waals surface area contributed by atoms with E-state index in [1.165, 1.54) is 0 Å². The number of hydrogen-bond donors (Lipinski definition) is 0. The molecule has 0 bridgehead atoms. The van der Waals surface area contributed by atoms with Crippen LogP contribution in [0.2, 0.25) is 0 Å². The van der Waals surface area contributed by atoms with E-state index in [1.54, 1.807) is 0 Å². The van der Waals surface area contributed by atoms with Crippen molar-refractivity contribution in [3.8, 4) is 0 Å². The van der Waals surface area contributed by atoms with Gasteiger partial charge in [0.2, 0.25) is 0 Å². The van der Waals surface area contributed by atoms with Crippen LogP contribution in [0.3, 0.4) is 0 Å². The fraction of sp³-hybridized carbons (Fsp3) is 1.00. The lowest BCUT2D eigenvalue weighted by Crippen LogP contribution is -2.37. The van der Waals surface area contributed by atoms with Gasteiger partial charge in [-0.05, 0) is 38.5 Å². The topological polar surface area (TPSA) is 227 Å². The molecule has 0 saturated heterocycles. The number of ether oxygens (including phenoxy) is 6. The van der Waals surface area contributed by atoms with Gasteiger partial charge >= 0.3 is 0 Å². The average Bonchev–Trinajstić information content (AvgIpc) is 2.91. The largest absolute Gasteiger partial charge is 0.748 e. The molecule has 15 nitrogen and oxygen atoms in total. The van der Waals surface area contributed by atoms with Gasteiger partial charge < -0.3 is 42.1 Å². The quantitative estimate of drug-likeness (QED) is 0.0759. The summed E-state index contributed by atoms with van der Waals surface area (Å²) in [6.07, 6.45) is 1.10. The molecule has 44 heavy (non-hydrogen) atoms. The summed E-state index contributed by atoms with van der Waals surface area (Å²) in [5.74, 6) is -1.51. The first-order valence-corrected chi connectivity index (χ1v) is 19.5. The minimum atomic E-state index is -4.31. The monoisotopic (exact) mass is 699 g/mol. The minimum absolute atomic E-state index is 0.0858. The van der Waals surface area contributed by atoms with E-state index in [9.17, 15) is 38.9 Å². The second-order valence-electron chi connectivity index (χ2n) is 10.9. The van der Waals surface area contributed by atoms with Gasteiger partial charge in [0.1, 0.15) is 0 Å². The van der Waals surface area contributed by atoms with Crippen LogP contribution in [0.25, 0.3) is 0 Å². The highest BCUT2D eigenvalue weighted by Gasteiger charge is 2.28. The van der Waals surface area contributed by atoms with E-state index >= 15 is 0 Å². The summed E-state index contributed by atoms with van der Waals surface area (Å²) in [6, 6.07) is 0. The van der Waals surface area contributed by atoms with Gasteiger partial charge in [0.15, 0.2) is 0 Å². The van der Waals surface area contributed by atoms with Crippen molar-refractivity contribution in [1.82, 2.24) is 0 Å². The Kier molecular flexibility index (Phi) is 22.7. The van der Waals surface area contributed by atoms with E-state index in [-0.39, 0.29) is 97.0 Å². The molecule has 0 amide bonds. The van der Waals surface area contributed by atoms with Crippen molar-refractivity contribution in [3.63, 3.8) is 0 Å². The van der Waals surface area contributed by atoms with Crippen LogP contribution >= 0.6 is 0 Å². The Labute approximate surface area is 263 Å². The lowest BCUT2D eigenvalue weighted by molar-refractivity contribution is -0.106. The maximum absolute atomic E-state index is 10.8. The van der Waals surface area contributed by atoms with Crippen LogP contribution < -0.4 is 0 Å². The van der Waals surface area contributed by atoms with Gasteiger partial charge in [-0.3, -0.25) is 0 Å². The first-order chi connectivity index (χ1) is 20.4. The van der Waals surface area contributed by atoms with Gasteiger partial charge in [-0.25, -0.2) is 25.3 Å². The molecular weight excluding hydrogens is 648 g/mol. The summed E-state index contributed by atoms with van der Waals surface area (Å²) in [5.41, 5.74) is -0.640. The van der Waals surface area contributed by atoms with Gasteiger partial charge in [0.25, 0.3) is 0 Å². The third-order valence-corrected chi connectivity index (χ3v) is 8.67. The summed E-state index contributed by atoms with van der Waals surface area (Å²) in [6.45, 7) is 9.13. The molecule has 0 aliphatic rings. The SMILES string of the molecule is CCC(COCC(C)(COCC(CC)OCCCS(=O)(=O)[O-])COCC(CC)OCCCS(=O)(=O)[O-])OCCCS(=O)(=O)[O-]. The smallest absolute Gasteiger partial charge is 0.0946 e. The molecule has 0 rings (SSSR count). The van der Waals surface area contributed by atoms with Gasteiger partial charge in [-0.15, -0.1) is 0 Å². The van der Waals surface area contributed by atoms with E-state index in [0.29, 0.717) is 19.3 Å². The maximum Gasteiger partial charge on any atom is 0.0946 e. The Balaban J connectivity index is 5.00. The van der Waals surface area contributed by atoms with Crippen LogP contribution in [0.1, 0.15) is 66.2 Å². The fourth-order valence-electron chi connectivity index (χ4n) is 3.74. The average molecular weight is 700 g/mol. The molecule has 0 aromatic carbocycles. The van der Waals surface area contributed by atoms with E-state index in [4.69, 9.17) is 28.4 Å². The van der Waals surface area contributed by atoms with Crippen LogP contribution in [0.15, 0.2) is 0 Å². The molecule has 0 aromatic heterocycles. The van der Waals surface area contributed by atoms with E-state index in [2.05, 4.69) is 0 Å². The minimum Gasteiger partial charge on any atom is -0.748 e. The molecule has 0 aliphatic carbocycles. The van der Waals surface area contributed by atoms with Crippen LogP contribution in [0, 0.1) is 5.41 Å². The fourth-order valence-corrected chi connectivity index (χ4v) is 5.16. The van der Waals surface area contributed by atoms with Gasteiger partial charge in [0.05, 0.1) is 88.3 Å². The van der Waals surface area contributed by atoms with Gasteiger partial charge in [0, 0.05) is 42.5 Å². The van der Waals surface area contributed by atoms with Gasteiger partial charge in [-0.1, -0.05) is 27.7 Å². The Morgan fingerprint density at radius 1 is 0.523 bits per heavy atom. The van der Waals surface area contributed by atoms with Crippen molar-refractivity contribution in [2.24, 2.45) is 5.41 Å². The molecule has 0 saturated carbocycles. The van der Waals surface area contributed by atoms with Crippen LogP contribution in [0.5, 0.6) is 0 Å². The van der Waals surface area contributed by atoms with E-state index < -0.39 is 53.0 Å². The molecule has 0 N–H and O–H groups in total. The van der Waals surface area contributed by atoms with Crippen molar-refractivity contribution >= 4 is 30.4 Å². The molecule has 0 aromatic rings. The Bertz CT molecular complexity index is 917. The zero-order valence-corrected chi connectivity index (χ0v) is 28.8. The summed E-state index contributed by atoms with van der Waals surface area (Å²) >= 11 is 0. The first kappa shape index (κ1) is 43.5. The Morgan fingerprint density at radius 2 is 0.773 bits per heavy atom. The third-order valence-electron chi connectivity index (χ3n) is 6.31. The Morgan fingerprint density at radius 3 is 0.977 bits per heavy atom. The highest BCUT2D eigenvalue weighted by atomic mass is 32.2.